The second-order valence-electron chi connectivity index (χ2n) is 6.21. The molecule has 0 bridgehead atoms. The van der Waals surface area contributed by atoms with Crippen LogP contribution < -0.4 is 0 Å². The monoisotopic (exact) mass is 480 g/mol. The largest absolute Gasteiger partial charge is 0.229 e. The quantitative estimate of drug-likeness (QED) is 0.211. The summed E-state index contributed by atoms with van der Waals surface area (Å²) in [6.45, 7) is 2.27. The first-order valence-corrected chi connectivity index (χ1v) is 15.3. The van der Waals surface area contributed by atoms with Crippen LogP contribution in [0.1, 0.15) is 26.2 Å². The first kappa shape index (κ1) is 20.9. The number of hydrogen-bond acceptors (Lipinski definition) is 8. The van der Waals surface area contributed by atoms with Crippen LogP contribution in [0.2, 0.25) is 0 Å². The molecule has 1 unspecified atom stereocenters. The Hall–Kier alpha value is -0.380. The van der Waals surface area contributed by atoms with Crippen molar-refractivity contribution in [2.75, 3.05) is 5.75 Å². The van der Waals surface area contributed by atoms with Crippen LogP contribution in [0.15, 0.2) is 57.2 Å². The van der Waals surface area contributed by atoms with Gasteiger partial charge in [-0.25, -0.2) is 9.97 Å². The van der Waals surface area contributed by atoms with E-state index in [0.717, 1.165) is 25.5 Å². The van der Waals surface area contributed by atoms with Crippen molar-refractivity contribution in [2.45, 2.75) is 40.1 Å². The second-order valence-corrected chi connectivity index (χ2v) is 13.6. The summed E-state index contributed by atoms with van der Waals surface area (Å²) in [6, 6.07) is 16.8. The average molecular weight is 481 g/mol. The lowest BCUT2D eigenvalue weighted by Gasteiger charge is -2.13. The maximum atomic E-state index is 4.76. The molecular weight excluding hydrogens is 461 g/mol. The summed E-state index contributed by atoms with van der Waals surface area (Å²) >= 11 is 3.59. The van der Waals surface area contributed by atoms with E-state index in [1.54, 1.807) is 22.7 Å². The fourth-order valence-electron chi connectivity index (χ4n) is 2.63. The van der Waals surface area contributed by atoms with E-state index in [1.165, 1.54) is 28.7 Å². The summed E-state index contributed by atoms with van der Waals surface area (Å²) in [5.74, 6) is 1.13. The van der Waals surface area contributed by atoms with E-state index in [4.69, 9.17) is 9.97 Å². The van der Waals surface area contributed by atoms with Gasteiger partial charge in [0, 0.05) is 11.0 Å². The predicted octanol–water partition coefficient (Wildman–Crippen LogP) is 8.65. The average Bonchev–Trinajstić information content (AvgIpc) is 3.32. The van der Waals surface area contributed by atoms with Gasteiger partial charge in [0.2, 0.25) is 0 Å². The molecule has 0 saturated heterocycles. The Balaban J connectivity index is 1.31. The van der Waals surface area contributed by atoms with E-state index < -0.39 is 0 Å². The zero-order chi connectivity index (χ0) is 19.2. The molecular formula is C20H20N2S6. The van der Waals surface area contributed by atoms with Gasteiger partial charge in [0.1, 0.15) is 0 Å². The number of nitrogens with zero attached hydrogens (tertiary/aromatic N) is 2. The Morgan fingerprint density at radius 1 is 0.857 bits per heavy atom. The summed E-state index contributed by atoms with van der Waals surface area (Å²) in [5, 5.41) is 0.629. The third-order valence-corrected chi connectivity index (χ3v) is 12.3. The Labute approximate surface area is 189 Å². The van der Waals surface area contributed by atoms with Crippen LogP contribution in [-0.4, -0.2) is 21.0 Å². The van der Waals surface area contributed by atoms with E-state index in [9.17, 15) is 0 Å². The minimum absolute atomic E-state index is 0.629. The Bertz CT molecular complexity index is 962. The van der Waals surface area contributed by atoms with Crippen molar-refractivity contribution in [3.63, 3.8) is 0 Å². The van der Waals surface area contributed by atoms with Crippen molar-refractivity contribution in [1.82, 2.24) is 9.97 Å². The maximum Gasteiger partial charge on any atom is 0.161 e. The second kappa shape index (κ2) is 10.6. The highest BCUT2D eigenvalue weighted by Gasteiger charge is 2.14. The lowest BCUT2D eigenvalue weighted by atomic mass is 10.2. The number of benzene rings is 2. The van der Waals surface area contributed by atoms with Gasteiger partial charge >= 0.3 is 0 Å². The van der Waals surface area contributed by atoms with Crippen LogP contribution in [0.5, 0.6) is 0 Å². The lowest BCUT2D eigenvalue weighted by Crippen LogP contribution is -2.03. The molecule has 0 radical (unpaired) electrons. The van der Waals surface area contributed by atoms with Gasteiger partial charge in [-0.3, -0.25) is 0 Å². The molecule has 2 heterocycles. The van der Waals surface area contributed by atoms with Gasteiger partial charge < -0.3 is 0 Å². The summed E-state index contributed by atoms with van der Waals surface area (Å²) in [4.78, 5) is 9.49. The zero-order valence-electron chi connectivity index (χ0n) is 15.4. The molecule has 4 aromatic rings. The van der Waals surface area contributed by atoms with Crippen LogP contribution in [0.3, 0.4) is 0 Å². The first-order chi connectivity index (χ1) is 13.8. The van der Waals surface area contributed by atoms with Gasteiger partial charge in [0.15, 0.2) is 8.68 Å². The van der Waals surface area contributed by atoms with Gasteiger partial charge in [-0.1, -0.05) is 65.6 Å². The van der Waals surface area contributed by atoms with E-state index in [0.29, 0.717) is 5.25 Å². The first-order valence-electron chi connectivity index (χ1n) is 9.16. The summed E-state index contributed by atoms with van der Waals surface area (Å²) in [7, 11) is 7.58. The van der Waals surface area contributed by atoms with E-state index in [-0.39, 0.29) is 0 Å². The van der Waals surface area contributed by atoms with E-state index in [1.807, 2.05) is 43.2 Å². The number of para-hydroxylation sites is 2. The van der Waals surface area contributed by atoms with Gasteiger partial charge in [-0.2, -0.15) is 0 Å². The van der Waals surface area contributed by atoms with Crippen LogP contribution >= 0.6 is 65.8 Å². The Morgan fingerprint density at radius 3 is 2.07 bits per heavy atom. The molecule has 2 aromatic heterocycles. The molecule has 1 atom stereocenters. The highest BCUT2D eigenvalue weighted by molar-refractivity contribution is 8.78. The van der Waals surface area contributed by atoms with Gasteiger partial charge in [-0.15, -0.1) is 22.7 Å². The standard InChI is InChI=1S/C20H20N2S6/c1-2-3-8-14(26-28-20-22-16-10-5-7-12-18(16)25-20)13-23-27-19-21-15-9-4-6-11-17(15)24-19/h4-7,9-12,14H,2-3,8,13H2,1H3. The maximum absolute atomic E-state index is 4.76. The minimum Gasteiger partial charge on any atom is -0.229 e. The molecule has 4 rings (SSSR count). The molecule has 0 aliphatic carbocycles. The van der Waals surface area contributed by atoms with Gasteiger partial charge in [0.25, 0.3) is 0 Å². The number of aromatic nitrogens is 2. The predicted molar refractivity (Wildman–Crippen MR) is 134 cm³/mol. The number of rotatable bonds is 10. The van der Waals surface area contributed by atoms with Gasteiger partial charge in [0.05, 0.1) is 20.4 Å². The fraction of sp³-hybridized carbons (Fsp3) is 0.300. The lowest BCUT2D eigenvalue weighted by molar-refractivity contribution is 0.720. The van der Waals surface area contributed by atoms with Crippen LogP contribution in [0.4, 0.5) is 0 Å². The van der Waals surface area contributed by atoms with Crippen LogP contribution in [0.25, 0.3) is 20.4 Å². The summed E-state index contributed by atoms with van der Waals surface area (Å²) < 4.78 is 4.87. The molecule has 0 aliphatic rings. The van der Waals surface area contributed by atoms with Crippen molar-refractivity contribution in [3.05, 3.63) is 48.5 Å². The Kier molecular flexibility index (Phi) is 7.90. The van der Waals surface area contributed by atoms with Crippen LogP contribution in [-0.2, 0) is 0 Å². The highest BCUT2D eigenvalue weighted by Crippen LogP contribution is 2.43. The molecule has 2 aromatic carbocycles. The molecule has 0 aliphatic heterocycles. The summed E-state index contributed by atoms with van der Waals surface area (Å²) in [5.41, 5.74) is 2.22. The number of fused-ring (bicyclic) bond motifs is 2. The van der Waals surface area contributed by atoms with Crippen molar-refractivity contribution in [2.24, 2.45) is 0 Å². The van der Waals surface area contributed by atoms with Crippen LogP contribution in [0, 0.1) is 0 Å². The number of hydrogen-bond donors (Lipinski definition) is 0. The third kappa shape index (κ3) is 5.61. The van der Waals surface area contributed by atoms with E-state index >= 15 is 0 Å². The molecule has 2 nitrogen and oxygen atoms in total. The fourth-order valence-corrected chi connectivity index (χ4v) is 10.8. The minimum atomic E-state index is 0.629. The molecule has 8 heteroatoms. The third-order valence-electron chi connectivity index (χ3n) is 4.07. The molecule has 0 fully saturated rings. The molecule has 146 valence electrons. The zero-order valence-corrected chi connectivity index (χ0v) is 20.3. The van der Waals surface area contributed by atoms with Crippen molar-refractivity contribution < 1.29 is 0 Å². The smallest absolute Gasteiger partial charge is 0.161 e. The Morgan fingerprint density at radius 2 is 1.46 bits per heavy atom. The molecule has 28 heavy (non-hydrogen) atoms. The van der Waals surface area contributed by atoms with Crippen molar-refractivity contribution in [3.8, 4) is 0 Å². The summed E-state index contributed by atoms with van der Waals surface area (Å²) in [6.07, 6.45) is 3.79. The molecule has 0 spiro atoms. The highest BCUT2D eigenvalue weighted by atomic mass is 33.1. The normalized spacial score (nSPS) is 12.8. The SMILES string of the molecule is CCCCC(CSSc1nc2ccccc2s1)SSc1nc2ccccc2s1. The number of thiazole rings is 2. The van der Waals surface area contributed by atoms with Crippen molar-refractivity contribution in [1.29, 1.82) is 0 Å². The topological polar surface area (TPSA) is 25.8 Å². The molecule has 0 saturated carbocycles. The molecule has 0 amide bonds. The van der Waals surface area contributed by atoms with Gasteiger partial charge in [-0.05, 0) is 52.3 Å². The number of unbranched alkanes of at least 4 members (excludes halogenated alkanes) is 1. The van der Waals surface area contributed by atoms with Crippen molar-refractivity contribution >= 4 is 86.3 Å². The molecule has 0 N–H and O–H groups in total. The van der Waals surface area contributed by atoms with E-state index in [2.05, 4.69) is 55.5 Å².